The molecule has 0 spiro atoms. The number of carbonyl (C=O) groups is 3. The van der Waals surface area contributed by atoms with Crippen LogP contribution in [0.25, 0.3) is 5.76 Å². The van der Waals surface area contributed by atoms with Crippen molar-refractivity contribution in [2.75, 3.05) is 14.2 Å². The highest BCUT2D eigenvalue weighted by Gasteiger charge is 2.60. The standard InChI is InChI=1S/C37H29NO9/c1-46-25-11-5-19(6-12-25)3-9-21-15-22(10-4-20-7-13-26(47-2)14-8-20)32(40)30-27(21)17-23-16-24-18-28(39)31(36(38)44)35(43)37(24,45)34(42)29(23)33(30)41/h5-8,11-15,23-24,40-41,43,45H,16-18H2,1-2H3,(H2,38,44)/t23-,24+,37+/m1/s1. The molecule has 10 nitrogen and oxygen atoms in total. The summed E-state index contributed by atoms with van der Waals surface area (Å²) in [6.07, 6.45) is -0.286. The van der Waals surface area contributed by atoms with Crippen LogP contribution in [0.5, 0.6) is 17.2 Å². The molecule has 0 unspecified atom stereocenters. The second-order valence-corrected chi connectivity index (χ2v) is 11.5. The van der Waals surface area contributed by atoms with Crippen molar-refractivity contribution >= 4 is 23.2 Å². The smallest absolute Gasteiger partial charge is 0.255 e. The summed E-state index contributed by atoms with van der Waals surface area (Å²) >= 11 is 0. The Morgan fingerprint density at radius 3 is 1.94 bits per heavy atom. The highest BCUT2D eigenvalue weighted by atomic mass is 16.5. The molecule has 0 radical (unpaired) electrons. The molecule has 10 heteroatoms. The van der Waals surface area contributed by atoms with Crippen molar-refractivity contribution in [2.45, 2.75) is 24.9 Å². The third-order valence-electron chi connectivity index (χ3n) is 8.93. The van der Waals surface area contributed by atoms with Gasteiger partial charge in [-0.1, -0.05) is 23.7 Å². The second-order valence-electron chi connectivity index (χ2n) is 11.5. The molecule has 3 aliphatic carbocycles. The first kappa shape index (κ1) is 31.0. The molecule has 3 aromatic rings. The Kier molecular flexibility index (Phi) is 7.76. The zero-order valence-corrected chi connectivity index (χ0v) is 25.4. The number of aliphatic hydroxyl groups excluding tert-OH is 2. The van der Waals surface area contributed by atoms with Crippen molar-refractivity contribution in [2.24, 2.45) is 17.6 Å². The SMILES string of the molecule is COc1ccc(C#Cc2cc(C#Cc3ccc(OC)cc3)c3c(c2O)C(O)=C2C(=O)[C@]4(O)C(O)=C(C(N)=O)C(=O)C[C@@H]4C[C@@H]2C3)cc1. The van der Waals surface area contributed by atoms with Crippen LogP contribution in [0.15, 0.2) is 71.5 Å². The number of rotatable bonds is 3. The topological polar surface area (TPSA) is 177 Å². The number of carbonyl (C=O) groups excluding carboxylic acids is 3. The lowest BCUT2D eigenvalue weighted by molar-refractivity contribution is -0.147. The highest BCUT2D eigenvalue weighted by Crippen LogP contribution is 2.52. The van der Waals surface area contributed by atoms with E-state index >= 15 is 0 Å². The molecule has 6 N–H and O–H groups in total. The van der Waals surface area contributed by atoms with Gasteiger partial charge in [-0.15, -0.1) is 0 Å². The molecule has 0 heterocycles. The molecule has 3 atom stereocenters. The van der Waals surface area contributed by atoms with E-state index in [-0.39, 0.29) is 29.5 Å². The number of benzene rings is 3. The van der Waals surface area contributed by atoms with E-state index in [1.54, 1.807) is 68.8 Å². The van der Waals surface area contributed by atoms with E-state index in [4.69, 9.17) is 15.2 Å². The molecule has 47 heavy (non-hydrogen) atoms. The summed E-state index contributed by atoms with van der Waals surface area (Å²) in [6.45, 7) is 0. The number of primary amides is 1. The number of hydrogen-bond donors (Lipinski definition) is 5. The van der Waals surface area contributed by atoms with Crippen LogP contribution in [0.2, 0.25) is 0 Å². The van der Waals surface area contributed by atoms with Crippen molar-refractivity contribution in [3.8, 4) is 40.9 Å². The Morgan fingerprint density at radius 1 is 0.851 bits per heavy atom. The van der Waals surface area contributed by atoms with E-state index in [9.17, 15) is 34.8 Å². The van der Waals surface area contributed by atoms with Crippen LogP contribution in [-0.4, -0.2) is 57.7 Å². The van der Waals surface area contributed by atoms with E-state index in [0.717, 1.165) is 0 Å². The fraction of sp³-hybridized carbons (Fsp3) is 0.216. The number of nitrogens with two attached hydrogens (primary N) is 1. The van der Waals surface area contributed by atoms with Gasteiger partial charge in [0.05, 0.1) is 25.3 Å². The number of methoxy groups -OCH3 is 2. The lowest BCUT2D eigenvalue weighted by Crippen LogP contribution is -2.58. The van der Waals surface area contributed by atoms with Gasteiger partial charge < -0.3 is 35.6 Å². The normalized spacial score (nSPS) is 21.3. The van der Waals surface area contributed by atoms with Crippen LogP contribution in [0, 0.1) is 35.5 Å². The Morgan fingerprint density at radius 2 is 1.40 bits per heavy atom. The van der Waals surface area contributed by atoms with Gasteiger partial charge in [0.15, 0.2) is 11.4 Å². The molecule has 3 aliphatic rings. The number of aliphatic hydroxyl groups is 3. The summed E-state index contributed by atoms with van der Waals surface area (Å²) in [4.78, 5) is 38.6. The molecule has 1 amide bonds. The Bertz CT molecular complexity index is 2050. The van der Waals surface area contributed by atoms with E-state index in [1.807, 2.05) is 0 Å². The summed E-state index contributed by atoms with van der Waals surface area (Å²) in [6, 6.07) is 15.6. The minimum absolute atomic E-state index is 0.00799. The molecule has 0 bridgehead atoms. The van der Waals surface area contributed by atoms with Crippen LogP contribution in [-0.2, 0) is 20.8 Å². The number of ketones is 2. The summed E-state index contributed by atoms with van der Waals surface area (Å²) in [5.74, 6) is 6.34. The minimum Gasteiger partial charge on any atom is -0.508 e. The fourth-order valence-electron chi connectivity index (χ4n) is 6.52. The Labute approximate surface area is 269 Å². The number of ether oxygens (including phenoxy) is 2. The van der Waals surface area contributed by atoms with E-state index in [2.05, 4.69) is 23.7 Å². The van der Waals surface area contributed by atoms with Crippen molar-refractivity contribution < 1.29 is 44.3 Å². The number of hydrogen-bond acceptors (Lipinski definition) is 9. The Hall–Kier alpha value is -5.97. The maximum atomic E-state index is 13.9. The third-order valence-corrected chi connectivity index (χ3v) is 8.93. The summed E-state index contributed by atoms with van der Waals surface area (Å²) in [5, 5.41) is 45.6. The first-order valence-electron chi connectivity index (χ1n) is 14.7. The van der Waals surface area contributed by atoms with Gasteiger partial charge in [-0.3, -0.25) is 14.4 Å². The first-order valence-corrected chi connectivity index (χ1v) is 14.7. The van der Waals surface area contributed by atoms with Gasteiger partial charge in [0.25, 0.3) is 5.91 Å². The predicted molar refractivity (Wildman–Crippen MR) is 169 cm³/mol. The van der Waals surface area contributed by atoms with Crippen LogP contribution in [0.1, 0.15) is 46.2 Å². The van der Waals surface area contributed by atoms with Crippen LogP contribution in [0.3, 0.4) is 0 Å². The number of Topliss-reactive ketones (excluding diaryl/α,β-unsaturated/α-hetero) is 2. The monoisotopic (exact) mass is 631 g/mol. The zero-order chi connectivity index (χ0) is 33.6. The van der Waals surface area contributed by atoms with E-state index in [1.165, 1.54) is 0 Å². The quantitative estimate of drug-likeness (QED) is 0.215. The molecule has 3 aromatic carbocycles. The van der Waals surface area contributed by atoms with Crippen molar-refractivity contribution in [3.63, 3.8) is 0 Å². The van der Waals surface area contributed by atoms with Gasteiger partial charge >= 0.3 is 0 Å². The van der Waals surface area contributed by atoms with Crippen LogP contribution >= 0.6 is 0 Å². The maximum Gasteiger partial charge on any atom is 0.255 e. The Balaban J connectivity index is 1.53. The lowest BCUT2D eigenvalue weighted by atomic mass is 9.59. The fourth-order valence-corrected chi connectivity index (χ4v) is 6.52. The maximum absolute atomic E-state index is 13.9. The summed E-state index contributed by atoms with van der Waals surface area (Å²) in [5.41, 5.74) is 3.74. The summed E-state index contributed by atoms with van der Waals surface area (Å²) < 4.78 is 10.4. The van der Waals surface area contributed by atoms with E-state index in [0.29, 0.717) is 33.8 Å². The van der Waals surface area contributed by atoms with Gasteiger partial charge in [-0.2, -0.15) is 0 Å². The highest BCUT2D eigenvalue weighted by molar-refractivity contribution is 6.22. The van der Waals surface area contributed by atoms with Crippen LogP contribution < -0.4 is 15.2 Å². The molecule has 1 fully saturated rings. The number of fused-ring (bicyclic) bond motifs is 3. The van der Waals surface area contributed by atoms with Crippen molar-refractivity contribution in [1.82, 2.24) is 0 Å². The molecule has 0 saturated heterocycles. The zero-order valence-electron chi connectivity index (χ0n) is 25.4. The van der Waals surface area contributed by atoms with E-state index < -0.39 is 64.2 Å². The van der Waals surface area contributed by atoms with Crippen LogP contribution in [0.4, 0.5) is 0 Å². The van der Waals surface area contributed by atoms with Crippen molar-refractivity contribution in [3.05, 3.63) is 105 Å². The molecule has 6 rings (SSSR count). The number of phenolic OH excluding ortho intramolecular Hbond substituents is 1. The average molecular weight is 632 g/mol. The number of amides is 1. The molecular weight excluding hydrogens is 602 g/mol. The number of aromatic hydroxyl groups is 1. The lowest BCUT2D eigenvalue weighted by Gasteiger charge is -2.46. The second kappa shape index (κ2) is 11.8. The minimum atomic E-state index is -2.66. The first-order chi connectivity index (χ1) is 22.5. The third kappa shape index (κ3) is 5.15. The average Bonchev–Trinajstić information content (AvgIpc) is 3.05. The molecular formula is C37H29NO9. The molecule has 0 aliphatic heterocycles. The van der Waals surface area contributed by atoms with Gasteiger partial charge in [0.1, 0.15) is 34.3 Å². The molecule has 1 saturated carbocycles. The van der Waals surface area contributed by atoms with Gasteiger partial charge in [-0.25, -0.2) is 0 Å². The molecule has 0 aromatic heterocycles. The number of phenols is 1. The van der Waals surface area contributed by atoms with Gasteiger partial charge in [0, 0.05) is 34.6 Å². The summed E-state index contributed by atoms with van der Waals surface area (Å²) in [7, 11) is 3.10. The predicted octanol–water partition coefficient (Wildman–Crippen LogP) is 3.24. The van der Waals surface area contributed by atoms with Crippen molar-refractivity contribution in [1.29, 1.82) is 0 Å². The van der Waals surface area contributed by atoms with Gasteiger partial charge in [-0.05, 0) is 78.9 Å². The largest absolute Gasteiger partial charge is 0.508 e. The molecule has 236 valence electrons. The van der Waals surface area contributed by atoms with Gasteiger partial charge in [0.2, 0.25) is 5.78 Å².